The molecular weight excluding hydrogens is 144 g/mol. The van der Waals surface area contributed by atoms with Crippen LogP contribution in [-0.2, 0) is 0 Å². The van der Waals surface area contributed by atoms with E-state index in [9.17, 15) is 0 Å². The fourth-order valence-corrected chi connectivity index (χ4v) is 1.47. The van der Waals surface area contributed by atoms with E-state index in [0.29, 0.717) is 5.92 Å². The minimum Gasteiger partial charge on any atom is -0.225 e. The largest absolute Gasteiger partial charge is 0.225 e. The van der Waals surface area contributed by atoms with Crippen LogP contribution in [0.2, 0.25) is 0 Å². The van der Waals surface area contributed by atoms with Crippen LogP contribution in [0.1, 0.15) is 37.0 Å². The van der Waals surface area contributed by atoms with E-state index in [1.807, 2.05) is 6.92 Å². The van der Waals surface area contributed by atoms with E-state index in [4.69, 9.17) is 0 Å². The molecule has 56 valence electrons. The Balaban J connectivity index is 2.74. The predicted molar refractivity (Wildman–Crippen MR) is 43.4 cm³/mol. The molecule has 3 heteroatoms. The average Bonchev–Trinajstić information content (AvgIpc) is 2.34. The fraction of sp³-hybridized carbons (Fsp3) is 0.714. The zero-order valence-corrected chi connectivity index (χ0v) is 7.40. The van der Waals surface area contributed by atoms with Crippen LogP contribution < -0.4 is 0 Å². The molecule has 1 unspecified atom stereocenters. The normalized spacial score (nSPS) is 13.5. The van der Waals surface area contributed by atoms with Crippen molar-refractivity contribution >= 4 is 11.5 Å². The first-order chi connectivity index (χ1) is 4.74. The SMILES string of the molecule is CCC(C)c1nc(C)ns1. The van der Waals surface area contributed by atoms with Crippen molar-refractivity contribution in [2.24, 2.45) is 0 Å². The summed E-state index contributed by atoms with van der Waals surface area (Å²) in [7, 11) is 0. The molecule has 0 aromatic carbocycles. The van der Waals surface area contributed by atoms with Crippen molar-refractivity contribution in [3.05, 3.63) is 10.8 Å². The van der Waals surface area contributed by atoms with Gasteiger partial charge >= 0.3 is 0 Å². The highest BCUT2D eigenvalue weighted by molar-refractivity contribution is 7.05. The molecule has 0 N–H and O–H groups in total. The molecule has 0 spiro atoms. The van der Waals surface area contributed by atoms with Crippen molar-refractivity contribution in [2.75, 3.05) is 0 Å². The molecule has 0 aliphatic heterocycles. The summed E-state index contributed by atoms with van der Waals surface area (Å²) in [5.41, 5.74) is 0. The summed E-state index contributed by atoms with van der Waals surface area (Å²) in [6, 6.07) is 0. The van der Waals surface area contributed by atoms with Crippen LogP contribution in [0.5, 0.6) is 0 Å². The van der Waals surface area contributed by atoms with Gasteiger partial charge in [0, 0.05) is 5.92 Å². The van der Waals surface area contributed by atoms with E-state index in [2.05, 4.69) is 23.2 Å². The first kappa shape index (κ1) is 7.66. The van der Waals surface area contributed by atoms with E-state index in [1.54, 1.807) is 0 Å². The van der Waals surface area contributed by atoms with E-state index in [0.717, 1.165) is 12.2 Å². The zero-order chi connectivity index (χ0) is 7.56. The van der Waals surface area contributed by atoms with Crippen LogP contribution in [0.3, 0.4) is 0 Å². The van der Waals surface area contributed by atoms with Crippen LogP contribution >= 0.6 is 11.5 Å². The highest BCUT2D eigenvalue weighted by Crippen LogP contribution is 2.19. The minimum absolute atomic E-state index is 0.575. The van der Waals surface area contributed by atoms with Crippen LogP contribution in [0, 0.1) is 6.92 Å². The van der Waals surface area contributed by atoms with Gasteiger partial charge in [-0.05, 0) is 24.9 Å². The summed E-state index contributed by atoms with van der Waals surface area (Å²) in [4.78, 5) is 4.29. The smallest absolute Gasteiger partial charge is 0.139 e. The lowest BCUT2D eigenvalue weighted by atomic mass is 10.1. The fourth-order valence-electron chi connectivity index (χ4n) is 0.688. The van der Waals surface area contributed by atoms with Crippen LogP contribution in [0.4, 0.5) is 0 Å². The molecule has 0 fully saturated rings. The molecule has 0 aliphatic carbocycles. The van der Waals surface area contributed by atoms with Gasteiger partial charge in [-0.3, -0.25) is 0 Å². The topological polar surface area (TPSA) is 25.8 Å². The molecule has 1 rings (SSSR count). The quantitative estimate of drug-likeness (QED) is 0.657. The van der Waals surface area contributed by atoms with Crippen LogP contribution in [-0.4, -0.2) is 9.36 Å². The molecule has 2 nitrogen and oxygen atoms in total. The molecule has 0 amide bonds. The average molecular weight is 156 g/mol. The van der Waals surface area contributed by atoms with Gasteiger partial charge in [0.25, 0.3) is 0 Å². The summed E-state index contributed by atoms with van der Waals surface area (Å²) in [6.07, 6.45) is 1.15. The monoisotopic (exact) mass is 156 g/mol. The molecule has 1 aromatic rings. The Morgan fingerprint density at radius 3 is 2.70 bits per heavy atom. The molecular formula is C7H12N2S. The Hall–Kier alpha value is -0.440. The number of aromatic nitrogens is 2. The summed E-state index contributed by atoms with van der Waals surface area (Å²) in [5, 5.41) is 1.17. The highest BCUT2D eigenvalue weighted by Gasteiger charge is 2.06. The standard InChI is InChI=1S/C7H12N2S/c1-4-5(2)7-8-6(3)9-10-7/h5H,4H2,1-3H3. The van der Waals surface area contributed by atoms with Crippen molar-refractivity contribution in [2.45, 2.75) is 33.1 Å². The summed E-state index contributed by atoms with van der Waals surface area (Å²) < 4.78 is 4.12. The summed E-state index contributed by atoms with van der Waals surface area (Å²) >= 11 is 1.52. The van der Waals surface area contributed by atoms with E-state index in [1.165, 1.54) is 16.5 Å². The number of aryl methyl sites for hydroxylation is 1. The van der Waals surface area contributed by atoms with Gasteiger partial charge in [0.1, 0.15) is 10.8 Å². The molecule has 1 heterocycles. The van der Waals surface area contributed by atoms with Crippen molar-refractivity contribution in [3.63, 3.8) is 0 Å². The molecule has 0 saturated carbocycles. The van der Waals surface area contributed by atoms with Crippen molar-refractivity contribution in [1.29, 1.82) is 0 Å². The molecule has 0 radical (unpaired) electrons. The first-order valence-corrected chi connectivity index (χ1v) is 4.31. The first-order valence-electron chi connectivity index (χ1n) is 3.54. The summed E-state index contributed by atoms with van der Waals surface area (Å²) in [6.45, 7) is 6.28. The zero-order valence-electron chi connectivity index (χ0n) is 6.59. The Morgan fingerprint density at radius 1 is 1.60 bits per heavy atom. The van der Waals surface area contributed by atoms with E-state index >= 15 is 0 Å². The maximum absolute atomic E-state index is 4.29. The maximum atomic E-state index is 4.29. The van der Waals surface area contributed by atoms with Crippen molar-refractivity contribution in [3.8, 4) is 0 Å². The lowest BCUT2D eigenvalue weighted by Crippen LogP contribution is -1.89. The van der Waals surface area contributed by atoms with Crippen LogP contribution in [0.25, 0.3) is 0 Å². The molecule has 0 bridgehead atoms. The Morgan fingerprint density at radius 2 is 2.30 bits per heavy atom. The number of nitrogens with zero attached hydrogens (tertiary/aromatic N) is 2. The molecule has 1 aromatic heterocycles. The van der Waals surface area contributed by atoms with Gasteiger partial charge in [0.15, 0.2) is 0 Å². The van der Waals surface area contributed by atoms with Crippen molar-refractivity contribution < 1.29 is 0 Å². The molecule has 1 atom stereocenters. The molecule has 0 saturated heterocycles. The van der Waals surface area contributed by atoms with Gasteiger partial charge in [-0.1, -0.05) is 13.8 Å². The van der Waals surface area contributed by atoms with Crippen molar-refractivity contribution in [1.82, 2.24) is 9.36 Å². The van der Waals surface area contributed by atoms with Crippen LogP contribution in [0.15, 0.2) is 0 Å². The third-order valence-corrected chi connectivity index (χ3v) is 2.61. The second-order valence-corrected chi connectivity index (χ2v) is 3.27. The summed E-state index contributed by atoms with van der Waals surface area (Å²) in [5.74, 6) is 1.48. The van der Waals surface area contributed by atoms with Gasteiger partial charge in [-0.2, -0.15) is 4.37 Å². The third kappa shape index (κ3) is 1.53. The second-order valence-electron chi connectivity index (χ2n) is 2.49. The lowest BCUT2D eigenvalue weighted by Gasteiger charge is -1.99. The van der Waals surface area contributed by atoms with Gasteiger partial charge in [-0.25, -0.2) is 4.98 Å². The number of hydrogen-bond acceptors (Lipinski definition) is 3. The molecule has 0 aliphatic rings. The third-order valence-electron chi connectivity index (χ3n) is 1.58. The minimum atomic E-state index is 0.575. The van der Waals surface area contributed by atoms with Gasteiger partial charge in [0.2, 0.25) is 0 Å². The number of rotatable bonds is 2. The lowest BCUT2D eigenvalue weighted by molar-refractivity contribution is 0.724. The van der Waals surface area contributed by atoms with E-state index in [-0.39, 0.29) is 0 Å². The highest BCUT2D eigenvalue weighted by atomic mass is 32.1. The Kier molecular flexibility index (Phi) is 2.38. The number of hydrogen-bond donors (Lipinski definition) is 0. The van der Waals surface area contributed by atoms with Gasteiger partial charge < -0.3 is 0 Å². The van der Waals surface area contributed by atoms with E-state index < -0.39 is 0 Å². The molecule has 10 heavy (non-hydrogen) atoms. The maximum Gasteiger partial charge on any atom is 0.139 e. The van der Waals surface area contributed by atoms with Gasteiger partial charge in [-0.15, -0.1) is 0 Å². The second kappa shape index (κ2) is 3.10. The Bertz CT molecular complexity index is 207. The Labute approximate surface area is 65.5 Å². The van der Waals surface area contributed by atoms with Gasteiger partial charge in [0.05, 0.1) is 0 Å². The predicted octanol–water partition coefficient (Wildman–Crippen LogP) is 2.36.